The average molecular weight is 357 g/mol. The Hall–Kier alpha value is -1.62. The van der Waals surface area contributed by atoms with Gasteiger partial charge < -0.3 is 16.0 Å². The molecule has 0 spiro atoms. The van der Waals surface area contributed by atoms with Crippen molar-refractivity contribution in [2.75, 3.05) is 36.2 Å². The summed E-state index contributed by atoms with van der Waals surface area (Å²) in [5.74, 6) is -0.517. The lowest BCUT2D eigenvalue weighted by Crippen LogP contribution is -2.43. The number of rotatable bonds is 4. The second-order valence-electron chi connectivity index (χ2n) is 4.96. The van der Waals surface area contributed by atoms with Crippen molar-refractivity contribution < 1.29 is 13.2 Å². The molecule has 126 valence electrons. The first-order valence-electron chi connectivity index (χ1n) is 6.93. The highest BCUT2D eigenvalue weighted by molar-refractivity contribution is 8.21. The van der Waals surface area contributed by atoms with Crippen LogP contribution < -0.4 is 21.1 Å². The van der Waals surface area contributed by atoms with Crippen LogP contribution in [0.15, 0.2) is 29.3 Å². The Bertz CT molecular complexity index is 682. The van der Waals surface area contributed by atoms with E-state index in [0.717, 1.165) is 31.9 Å². The molecule has 2 rings (SSSR count). The van der Waals surface area contributed by atoms with Gasteiger partial charge >= 0.3 is 0 Å². The van der Waals surface area contributed by atoms with Crippen LogP contribution in [0.2, 0.25) is 0 Å². The smallest absolute Gasteiger partial charge is 0.279 e. The molecule has 23 heavy (non-hydrogen) atoms. The first-order valence-corrected chi connectivity index (χ1v) is 9.63. The van der Waals surface area contributed by atoms with Gasteiger partial charge in [0.1, 0.15) is 5.08 Å². The van der Waals surface area contributed by atoms with Gasteiger partial charge in [-0.2, -0.15) is 4.99 Å². The molecule has 0 unspecified atom stereocenters. The summed E-state index contributed by atoms with van der Waals surface area (Å²) in [6.45, 7) is 3.71. The number of carbonyl (C=O) groups excluding carboxylic acids is 1. The van der Waals surface area contributed by atoms with E-state index in [-0.39, 0.29) is 5.17 Å². The summed E-state index contributed by atoms with van der Waals surface area (Å²) in [5.41, 5.74) is 6.96. The van der Waals surface area contributed by atoms with Crippen molar-refractivity contribution in [2.45, 2.75) is 0 Å². The molecular weight excluding hydrogens is 338 g/mol. The van der Waals surface area contributed by atoms with Gasteiger partial charge in [-0.05, 0) is 24.3 Å². The number of nitrogens with two attached hydrogens (primary N) is 2. The van der Waals surface area contributed by atoms with E-state index in [4.69, 9.17) is 10.9 Å². The normalized spacial score (nSPS) is 16.4. The number of hydrogen-bond donors (Lipinski definition) is 3. The van der Waals surface area contributed by atoms with Crippen molar-refractivity contribution >= 4 is 38.5 Å². The zero-order chi connectivity index (χ0) is 16.9. The Balaban J connectivity index is 1.99. The molecule has 5 N–H and O–H groups in total. The monoisotopic (exact) mass is 357 g/mol. The standard InChI is InChI=1S/C13H19N5O3S2/c14-13(22-9-23(15,20)21)17-12(19)10-1-3-11(4-2-10)18-7-5-16-6-8-18/h1-4,16H,5-9H2,(H2,14,17,19)(H2,15,20,21). The Morgan fingerprint density at radius 3 is 2.43 bits per heavy atom. The van der Waals surface area contributed by atoms with E-state index in [1.54, 1.807) is 12.1 Å². The van der Waals surface area contributed by atoms with E-state index in [1.807, 2.05) is 12.1 Å². The average Bonchev–Trinajstić information content (AvgIpc) is 2.53. The van der Waals surface area contributed by atoms with E-state index in [9.17, 15) is 13.2 Å². The molecule has 1 fully saturated rings. The molecule has 0 aromatic heterocycles. The molecule has 1 aromatic carbocycles. The first-order chi connectivity index (χ1) is 10.8. The van der Waals surface area contributed by atoms with Crippen molar-refractivity contribution in [2.24, 2.45) is 15.9 Å². The molecule has 1 aliphatic heterocycles. The molecule has 1 heterocycles. The summed E-state index contributed by atoms with van der Waals surface area (Å²) < 4.78 is 21.7. The zero-order valence-electron chi connectivity index (χ0n) is 12.4. The highest BCUT2D eigenvalue weighted by Crippen LogP contribution is 2.16. The number of sulfonamides is 1. The summed E-state index contributed by atoms with van der Waals surface area (Å²) >= 11 is 0.711. The van der Waals surface area contributed by atoms with Crippen molar-refractivity contribution in [3.8, 4) is 0 Å². The molecule has 0 aliphatic carbocycles. The van der Waals surface area contributed by atoms with Gasteiger partial charge in [0.05, 0.1) is 0 Å². The third-order valence-electron chi connectivity index (χ3n) is 3.18. The maximum absolute atomic E-state index is 12.0. The van der Waals surface area contributed by atoms with Crippen molar-refractivity contribution in [3.63, 3.8) is 0 Å². The Morgan fingerprint density at radius 2 is 1.87 bits per heavy atom. The maximum atomic E-state index is 12.0. The van der Waals surface area contributed by atoms with Gasteiger partial charge in [-0.15, -0.1) is 0 Å². The number of amides is 1. The number of primary sulfonamides is 1. The molecule has 0 saturated carbocycles. The molecule has 1 aliphatic rings. The van der Waals surface area contributed by atoms with Gasteiger partial charge in [-0.1, -0.05) is 11.8 Å². The van der Waals surface area contributed by atoms with E-state index in [1.165, 1.54) is 0 Å². The molecular formula is C13H19N5O3S2. The highest BCUT2D eigenvalue weighted by atomic mass is 32.3. The van der Waals surface area contributed by atoms with Gasteiger partial charge in [0.15, 0.2) is 5.17 Å². The summed E-state index contributed by atoms with van der Waals surface area (Å²) in [6.07, 6.45) is 0. The van der Waals surface area contributed by atoms with Gasteiger partial charge in [-0.3, -0.25) is 4.79 Å². The summed E-state index contributed by atoms with van der Waals surface area (Å²) in [5, 5.41) is 7.59. The number of piperazine rings is 1. The van der Waals surface area contributed by atoms with Gasteiger partial charge in [-0.25, -0.2) is 13.6 Å². The number of hydrogen-bond acceptors (Lipinski definition) is 6. The largest absolute Gasteiger partial charge is 0.378 e. The van der Waals surface area contributed by atoms with E-state index >= 15 is 0 Å². The number of nitrogens with one attached hydrogen (secondary N) is 1. The van der Waals surface area contributed by atoms with Crippen molar-refractivity contribution in [1.29, 1.82) is 0 Å². The fraction of sp³-hybridized carbons (Fsp3) is 0.385. The van der Waals surface area contributed by atoms with Crippen LogP contribution in [0.5, 0.6) is 0 Å². The third kappa shape index (κ3) is 5.82. The molecule has 1 aromatic rings. The number of aliphatic imine (C=N–C) groups is 1. The van der Waals surface area contributed by atoms with Gasteiger partial charge in [0.2, 0.25) is 10.0 Å². The van der Waals surface area contributed by atoms with Crippen LogP contribution in [-0.4, -0.2) is 50.8 Å². The van der Waals surface area contributed by atoms with Crippen LogP contribution in [0.25, 0.3) is 0 Å². The van der Waals surface area contributed by atoms with Crippen molar-refractivity contribution in [3.05, 3.63) is 29.8 Å². The topological polar surface area (TPSA) is 131 Å². The summed E-state index contributed by atoms with van der Waals surface area (Å²) in [4.78, 5) is 17.9. The van der Waals surface area contributed by atoms with E-state index in [2.05, 4.69) is 15.2 Å². The second kappa shape index (κ2) is 7.77. The Morgan fingerprint density at radius 1 is 1.26 bits per heavy atom. The zero-order valence-corrected chi connectivity index (χ0v) is 14.1. The summed E-state index contributed by atoms with van der Waals surface area (Å²) in [6, 6.07) is 7.09. The Kier molecular flexibility index (Phi) is 5.99. The molecule has 1 saturated heterocycles. The van der Waals surface area contributed by atoms with E-state index < -0.39 is 21.0 Å². The molecule has 8 nitrogen and oxygen atoms in total. The lowest BCUT2D eigenvalue weighted by Gasteiger charge is -2.29. The van der Waals surface area contributed by atoms with Crippen LogP contribution >= 0.6 is 11.8 Å². The number of anilines is 1. The number of carbonyl (C=O) groups is 1. The first kappa shape index (κ1) is 17.7. The molecule has 0 radical (unpaired) electrons. The van der Waals surface area contributed by atoms with Crippen molar-refractivity contribution in [1.82, 2.24) is 5.32 Å². The van der Waals surface area contributed by atoms with Crippen LogP contribution in [0.1, 0.15) is 10.4 Å². The molecule has 0 atom stereocenters. The minimum Gasteiger partial charge on any atom is -0.378 e. The Labute approximate surface area is 139 Å². The number of benzene rings is 1. The van der Waals surface area contributed by atoms with Gasteiger partial charge in [0.25, 0.3) is 5.91 Å². The predicted octanol–water partition coefficient (Wildman–Crippen LogP) is -0.470. The summed E-state index contributed by atoms with van der Waals surface area (Å²) in [7, 11) is -3.66. The van der Waals surface area contributed by atoms with E-state index in [0.29, 0.717) is 17.3 Å². The van der Waals surface area contributed by atoms with Crippen LogP contribution in [0.4, 0.5) is 5.69 Å². The molecule has 0 bridgehead atoms. The van der Waals surface area contributed by atoms with Crippen LogP contribution in [0.3, 0.4) is 0 Å². The SMILES string of the molecule is NC(=NC(=O)c1ccc(N2CCNCC2)cc1)SCS(N)(=O)=O. The third-order valence-corrected chi connectivity index (χ3v) is 5.35. The lowest BCUT2D eigenvalue weighted by atomic mass is 10.2. The fourth-order valence-electron chi connectivity index (χ4n) is 2.08. The fourth-order valence-corrected chi connectivity index (χ4v) is 3.36. The maximum Gasteiger partial charge on any atom is 0.279 e. The molecule has 10 heteroatoms. The predicted molar refractivity (Wildman–Crippen MR) is 93.0 cm³/mol. The van der Waals surface area contributed by atoms with Gasteiger partial charge in [0, 0.05) is 37.4 Å². The lowest BCUT2D eigenvalue weighted by molar-refractivity contribution is 0.100. The minimum atomic E-state index is -3.66. The number of thioether (sulfide) groups is 1. The molecule has 1 amide bonds. The highest BCUT2D eigenvalue weighted by Gasteiger charge is 2.12. The van der Waals surface area contributed by atoms with Crippen LogP contribution in [-0.2, 0) is 10.0 Å². The number of nitrogens with zero attached hydrogens (tertiary/aromatic N) is 2. The minimum absolute atomic E-state index is 0.129. The number of amidine groups is 1. The quantitative estimate of drug-likeness (QED) is 0.490. The second-order valence-corrected chi connectivity index (χ2v) is 7.94. The van der Waals surface area contributed by atoms with Crippen LogP contribution in [0, 0.1) is 0 Å².